The van der Waals surface area contributed by atoms with Crippen LogP contribution in [0.3, 0.4) is 0 Å². The zero-order valence-corrected chi connectivity index (χ0v) is 12.9. The minimum absolute atomic E-state index is 0.0617. The van der Waals surface area contributed by atoms with Crippen molar-refractivity contribution in [3.63, 3.8) is 0 Å². The van der Waals surface area contributed by atoms with Gasteiger partial charge in [-0.2, -0.15) is 5.26 Å². The van der Waals surface area contributed by atoms with Crippen molar-refractivity contribution in [1.29, 1.82) is 5.26 Å². The van der Waals surface area contributed by atoms with Crippen molar-refractivity contribution in [3.8, 4) is 6.07 Å². The summed E-state index contributed by atoms with van der Waals surface area (Å²) in [6, 6.07) is 9.13. The third kappa shape index (κ3) is 4.18. The molecule has 1 aliphatic heterocycles. The zero-order chi connectivity index (χ0) is 16.7. The molecule has 114 valence electrons. The molecule has 3 heteroatoms. The third-order valence-corrected chi connectivity index (χ3v) is 3.45. The number of allylic oxidation sites excluding steroid dienone is 7. The second kappa shape index (κ2) is 7.77. The molecule has 1 amide bonds. The first-order chi connectivity index (χ1) is 11.2. The van der Waals surface area contributed by atoms with Gasteiger partial charge in [-0.15, -0.1) is 0 Å². The van der Waals surface area contributed by atoms with E-state index in [1.54, 1.807) is 41.3 Å². The summed E-state index contributed by atoms with van der Waals surface area (Å²) >= 11 is 0. The fourth-order valence-corrected chi connectivity index (χ4v) is 2.39. The number of hydrogen-bond donors (Lipinski definition) is 0. The molecular weight excluding hydrogens is 284 g/mol. The molecule has 0 bridgehead atoms. The number of anilines is 1. The van der Waals surface area contributed by atoms with Crippen LogP contribution in [0.1, 0.15) is 12.0 Å². The van der Waals surface area contributed by atoms with Gasteiger partial charge in [-0.3, -0.25) is 4.79 Å². The molecule has 1 aromatic carbocycles. The van der Waals surface area contributed by atoms with Crippen molar-refractivity contribution in [2.45, 2.75) is 6.42 Å². The van der Waals surface area contributed by atoms with Crippen LogP contribution in [0.5, 0.6) is 0 Å². The number of amides is 1. The maximum absolute atomic E-state index is 12.2. The highest BCUT2D eigenvalue weighted by Gasteiger charge is 2.25. The van der Waals surface area contributed by atoms with Gasteiger partial charge in [0, 0.05) is 12.2 Å². The van der Waals surface area contributed by atoms with Crippen LogP contribution in [-0.4, -0.2) is 12.5 Å². The van der Waals surface area contributed by atoms with Crippen LogP contribution in [0.2, 0.25) is 0 Å². The molecule has 3 nitrogen and oxygen atoms in total. The molecule has 1 aromatic rings. The highest BCUT2D eigenvalue weighted by atomic mass is 16.2. The molecule has 0 saturated carbocycles. The molecule has 0 atom stereocenters. The van der Waals surface area contributed by atoms with Gasteiger partial charge in [0.1, 0.15) is 0 Å². The SMILES string of the molecule is C=C\C=C/C(=C\C=C)/C=C1\CC(=O)N(c2ccc(C#N)cc2)C1. The number of carbonyl (C=O) groups excluding carboxylic acids is 1. The molecular formula is C20H18N2O. The number of hydrogen-bond acceptors (Lipinski definition) is 2. The van der Waals surface area contributed by atoms with Crippen molar-refractivity contribution in [2.24, 2.45) is 0 Å². The van der Waals surface area contributed by atoms with Gasteiger partial charge in [-0.05, 0) is 35.4 Å². The van der Waals surface area contributed by atoms with Gasteiger partial charge in [-0.25, -0.2) is 0 Å². The summed E-state index contributed by atoms with van der Waals surface area (Å²) in [6.45, 7) is 7.92. The maximum atomic E-state index is 12.2. The topological polar surface area (TPSA) is 44.1 Å². The molecule has 0 N–H and O–H groups in total. The van der Waals surface area contributed by atoms with E-state index < -0.39 is 0 Å². The average Bonchev–Trinajstić information content (AvgIpc) is 2.93. The first kappa shape index (κ1) is 16.3. The lowest BCUT2D eigenvalue weighted by Crippen LogP contribution is -2.23. The van der Waals surface area contributed by atoms with Crippen LogP contribution in [0.4, 0.5) is 5.69 Å². The molecule has 2 rings (SSSR count). The zero-order valence-electron chi connectivity index (χ0n) is 12.9. The Morgan fingerprint density at radius 1 is 1.22 bits per heavy atom. The summed E-state index contributed by atoms with van der Waals surface area (Å²) in [5, 5.41) is 8.84. The number of nitriles is 1. The van der Waals surface area contributed by atoms with Crippen molar-refractivity contribution in [1.82, 2.24) is 0 Å². The van der Waals surface area contributed by atoms with Crippen molar-refractivity contribution < 1.29 is 4.79 Å². The van der Waals surface area contributed by atoms with E-state index in [0.29, 0.717) is 18.5 Å². The van der Waals surface area contributed by atoms with Gasteiger partial charge < -0.3 is 4.90 Å². The number of carbonyl (C=O) groups is 1. The second-order valence-electron chi connectivity index (χ2n) is 5.12. The summed E-state index contributed by atoms with van der Waals surface area (Å²) in [7, 11) is 0. The van der Waals surface area contributed by atoms with Crippen LogP contribution in [0, 0.1) is 11.3 Å². The summed E-state index contributed by atoms with van der Waals surface area (Å²) in [5.41, 5.74) is 3.42. The fourth-order valence-electron chi connectivity index (χ4n) is 2.39. The minimum atomic E-state index is 0.0617. The molecule has 1 aliphatic rings. The van der Waals surface area contributed by atoms with E-state index in [1.807, 2.05) is 24.3 Å². The number of rotatable bonds is 5. The standard InChI is InChI=1S/C20H18N2O/c1-3-5-7-16(6-4-2)12-18-13-20(23)22(15-18)19-10-8-17(14-21)9-11-19/h3-12H,1-2,13,15H2/b7-5-,16-6+,18-12+. The Kier molecular flexibility index (Phi) is 5.49. The van der Waals surface area contributed by atoms with E-state index in [-0.39, 0.29) is 5.91 Å². The van der Waals surface area contributed by atoms with Crippen LogP contribution in [0.25, 0.3) is 0 Å². The predicted octanol–water partition coefficient (Wildman–Crippen LogP) is 4.08. The Labute approximate surface area is 136 Å². The average molecular weight is 302 g/mol. The van der Waals surface area contributed by atoms with Gasteiger partial charge in [-0.1, -0.05) is 49.6 Å². The summed E-state index contributed by atoms with van der Waals surface area (Å²) < 4.78 is 0. The van der Waals surface area contributed by atoms with Crippen LogP contribution < -0.4 is 4.90 Å². The smallest absolute Gasteiger partial charge is 0.231 e. The largest absolute Gasteiger partial charge is 0.308 e. The summed E-state index contributed by atoms with van der Waals surface area (Å²) in [5.74, 6) is 0.0617. The Morgan fingerprint density at radius 3 is 2.57 bits per heavy atom. The van der Waals surface area contributed by atoms with E-state index in [9.17, 15) is 4.79 Å². The predicted molar refractivity (Wildman–Crippen MR) is 93.8 cm³/mol. The Morgan fingerprint density at radius 2 is 1.96 bits per heavy atom. The van der Waals surface area contributed by atoms with Gasteiger partial charge in [0.05, 0.1) is 18.1 Å². The molecule has 1 fully saturated rings. The first-order valence-electron chi connectivity index (χ1n) is 7.29. The minimum Gasteiger partial charge on any atom is -0.308 e. The Bertz CT molecular complexity index is 743. The molecule has 23 heavy (non-hydrogen) atoms. The quantitative estimate of drug-likeness (QED) is 0.769. The van der Waals surface area contributed by atoms with Gasteiger partial charge in [0.25, 0.3) is 0 Å². The number of benzene rings is 1. The van der Waals surface area contributed by atoms with Gasteiger partial charge >= 0.3 is 0 Å². The molecule has 0 unspecified atom stereocenters. The highest BCUT2D eigenvalue weighted by Crippen LogP contribution is 2.25. The van der Waals surface area contributed by atoms with Crippen molar-refractivity contribution in [2.75, 3.05) is 11.4 Å². The molecule has 0 aliphatic carbocycles. The normalized spacial score (nSPS) is 16.8. The monoisotopic (exact) mass is 302 g/mol. The maximum Gasteiger partial charge on any atom is 0.231 e. The van der Waals surface area contributed by atoms with Crippen LogP contribution >= 0.6 is 0 Å². The van der Waals surface area contributed by atoms with E-state index in [4.69, 9.17) is 5.26 Å². The fraction of sp³-hybridized carbons (Fsp3) is 0.100. The lowest BCUT2D eigenvalue weighted by atomic mass is 10.1. The second-order valence-corrected chi connectivity index (χ2v) is 5.12. The summed E-state index contributed by atoms with van der Waals surface area (Å²) in [4.78, 5) is 14.0. The lowest BCUT2D eigenvalue weighted by Gasteiger charge is -2.15. The first-order valence-corrected chi connectivity index (χ1v) is 7.29. The van der Waals surface area contributed by atoms with E-state index in [1.165, 1.54) is 0 Å². The van der Waals surface area contributed by atoms with Gasteiger partial charge in [0.15, 0.2) is 0 Å². The lowest BCUT2D eigenvalue weighted by molar-refractivity contribution is -0.116. The van der Waals surface area contributed by atoms with Crippen molar-refractivity contribution >= 4 is 11.6 Å². The molecule has 1 saturated heterocycles. The van der Waals surface area contributed by atoms with Gasteiger partial charge in [0.2, 0.25) is 5.91 Å². The van der Waals surface area contributed by atoms with E-state index in [0.717, 1.165) is 16.8 Å². The molecule has 0 aromatic heterocycles. The van der Waals surface area contributed by atoms with Crippen LogP contribution in [-0.2, 0) is 4.79 Å². The highest BCUT2D eigenvalue weighted by molar-refractivity contribution is 5.98. The van der Waals surface area contributed by atoms with Crippen LogP contribution in [0.15, 0.2) is 85.0 Å². The number of nitrogens with zero attached hydrogens (tertiary/aromatic N) is 2. The molecule has 0 radical (unpaired) electrons. The van der Waals surface area contributed by atoms with E-state index >= 15 is 0 Å². The Hall–Kier alpha value is -3.12. The van der Waals surface area contributed by atoms with E-state index in [2.05, 4.69) is 19.2 Å². The molecule has 1 heterocycles. The molecule has 0 spiro atoms. The summed E-state index contributed by atoms with van der Waals surface area (Å²) in [6.07, 6.45) is 11.5. The Balaban J connectivity index is 2.21. The third-order valence-electron chi connectivity index (χ3n) is 3.45. The van der Waals surface area contributed by atoms with Crippen molar-refractivity contribution in [3.05, 3.63) is 90.6 Å².